The van der Waals surface area contributed by atoms with E-state index in [2.05, 4.69) is 31.0 Å². The minimum absolute atomic E-state index is 0.0403. The summed E-state index contributed by atoms with van der Waals surface area (Å²) >= 11 is 0. The predicted octanol–water partition coefficient (Wildman–Crippen LogP) is 2.25. The number of nitrogens with zero attached hydrogens (tertiary/aromatic N) is 1. The Morgan fingerprint density at radius 1 is 1.26 bits per heavy atom. The minimum Gasteiger partial charge on any atom is -0.394 e. The van der Waals surface area contributed by atoms with E-state index in [-0.39, 0.29) is 12.1 Å². The fraction of sp³-hybridized carbons (Fsp3) is 1.00. The Kier molecular flexibility index (Phi) is 5.27. The zero-order valence-electron chi connectivity index (χ0n) is 13.0. The lowest BCUT2D eigenvalue weighted by atomic mass is 9.87. The molecular formula is C16H32N2O. The smallest absolute Gasteiger partial charge is 0.0628 e. The Labute approximate surface area is 118 Å². The molecule has 1 heterocycles. The molecule has 3 atom stereocenters. The molecule has 1 aliphatic heterocycles. The number of aliphatic hydroxyl groups excluding tert-OH is 1. The fourth-order valence-corrected chi connectivity index (χ4v) is 3.58. The maximum atomic E-state index is 10.0. The highest BCUT2D eigenvalue weighted by Crippen LogP contribution is 2.41. The third-order valence-electron chi connectivity index (χ3n) is 5.36. The second-order valence-electron chi connectivity index (χ2n) is 6.85. The average Bonchev–Trinajstić information content (AvgIpc) is 3.24. The molecule has 0 spiro atoms. The van der Waals surface area contributed by atoms with Crippen LogP contribution in [-0.2, 0) is 0 Å². The summed E-state index contributed by atoms with van der Waals surface area (Å²) in [4.78, 5) is 2.62. The van der Waals surface area contributed by atoms with E-state index in [4.69, 9.17) is 0 Å². The molecule has 1 saturated heterocycles. The van der Waals surface area contributed by atoms with Crippen LogP contribution in [0.3, 0.4) is 0 Å². The van der Waals surface area contributed by atoms with Crippen molar-refractivity contribution in [3.63, 3.8) is 0 Å². The van der Waals surface area contributed by atoms with Crippen molar-refractivity contribution in [2.24, 2.45) is 11.8 Å². The molecule has 0 aromatic carbocycles. The van der Waals surface area contributed by atoms with Crippen molar-refractivity contribution < 1.29 is 5.11 Å². The van der Waals surface area contributed by atoms with Crippen LogP contribution in [0.1, 0.15) is 52.9 Å². The van der Waals surface area contributed by atoms with Gasteiger partial charge in [0.05, 0.1) is 12.1 Å². The predicted molar refractivity (Wildman–Crippen MR) is 80.3 cm³/mol. The largest absolute Gasteiger partial charge is 0.394 e. The van der Waals surface area contributed by atoms with Gasteiger partial charge in [-0.15, -0.1) is 0 Å². The Hall–Kier alpha value is -0.120. The van der Waals surface area contributed by atoms with Crippen LogP contribution >= 0.6 is 0 Å². The fourth-order valence-electron chi connectivity index (χ4n) is 3.58. The zero-order chi connectivity index (χ0) is 13.9. The van der Waals surface area contributed by atoms with Gasteiger partial charge in [-0.1, -0.05) is 13.8 Å². The molecule has 3 heteroatoms. The van der Waals surface area contributed by atoms with Crippen molar-refractivity contribution >= 4 is 0 Å². The molecule has 1 aliphatic carbocycles. The molecule has 2 rings (SSSR count). The summed E-state index contributed by atoms with van der Waals surface area (Å²) in [6.07, 6.45) is 6.38. The van der Waals surface area contributed by atoms with Crippen molar-refractivity contribution in [2.45, 2.75) is 64.5 Å². The number of hydrogen-bond donors (Lipinski definition) is 2. The lowest BCUT2D eigenvalue weighted by molar-refractivity contribution is 0.0405. The number of piperidine rings is 1. The standard InChI is InChI=1S/C16H32N2O/c1-4-9-17-16(12-19,15-7-8-15)11-18-10-5-6-13(2)14(18)3/h13-15,17,19H,4-12H2,1-3H3. The van der Waals surface area contributed by atoms with E-state index in [0.29, 0.717) is 12.0 Å². The van der Waals surface area contributed by atoms with Gasteiger partial charge in [0.25, 0.3) is 0 Å². The molecule has 0 amide bonds. The molecule has 2 aliphatic rings. The molecule has 3 unspecified atom stereocenters. The van der Waals surface area contributed by atoms with E-state index in [1.54, 1.807) is 0 Å². The minimum atomic E-state index is -0.0403. The summed E-state index contributed by atoms with van der Waals surface area (Å²) in [5.74, 6) is 1.48. The highest BCUT2D eigenvalue weighted by atomic mass is 16.3. The molecule has 0 radical (unpaired) electrons. The van der Waals surface area contributed by atoms with E-state index >= 15 is 0 Å². The van der Waals surface area contributed by atoms with Crippen LogP contribution in [0, 0.1) is 11.8 Å². The van der Waals surface area contributed by atoms with E-state index in [1.165, 1.54) is 32.2 Å². The maximum absolute atomic E-state index is 10.0. The van der Waals surface area contributed by atoms with E-state index in [0.717, 1.165) is 25.4 Å². The first-order valence-electron chi connectivity index (χ1n) is 8.23. The van der Waals surface area contributed by atoms with Gasteiger partial charge in [-0.2, -0.15) is 0 Å². The number of rotatable bonds is 7. The van der Waals surface area contributed by atoms with Crippen LogP contribution < -0.4 is 5.32 Å². The van der Waals surface area contributed by atoms with Crippen LogP contribution in [0.5, 0.6) is 0 Å². The third-order valence-corrected chi connectivity index (χ3v) is 5.36. The van der Waals surface area contributed by atoms with Gasteiger partial charge >= 0.3 is 0 Å². The van der Waals surface area contributed by atoms with Crippen LogP contribution in [-0.4, -0.2) is 47.8 Å². The van der Waals surface area contributed by atoms with Gasteiger partial charge in [-0.25, -0.2) is 0 Å². The number of nitrogens with one attached hydrogen (secondary N) is 1. The first-order chi connectivity index (χ1) is 9.13. The van der Waals surface area contributed by atoms with E-state index in [9.17, 15) is 5.11 Å². The zero-order valence-corrected chi connectivity index (χ0v) is 13.0. The quantitative estimate of drug-likeness (QED) is 0.743. The number of likely N-dealkylation sites (tertiary alicyclic amines) is 1. The van der Waals surface area contributed by atoms with Crippen LogP contribution in [0.4, 0.5) is 0 Å². The van der Waals surface area contributed by atoms with Gasteiger partial charge in [0.2, 0.25) is 0 Å². The van der Waals surface area contributed by atoms with Crippen molar-refractivity contribution in [1.29, 1.82) is 0 Å². The Bertz CT molecular complexity index is 280. The first kappa shape index (κ1) is 15.3. The summed E-state index contributed by atoms with van der Waals surface area (Å²) in [6.45, 7) is 10.5. The molecular weight excluding hydrogens is 236 g/mol. The second-order valence-corrected chi connectivity index (χ2v) is 6.85. The summed E-state index contributed by atoms with van der Waals surface area (Å²) < 4.78 is 0. The number of aliphatic hydroxyl groups is 1. The average molecular weight is 268 g/mol. The molecule has 19 heavy (non-hydrogen) atoms. The summed E-state index contributed by atoms with van der Waals surface area (Å²) in [6, 6.07) is 0.654. The van der Waals surface area contributed by atoms with E-state index in [1.807, 2.05) is 0 Å². The van der Waals surface area contributed by atoms with Gasteiger partial charge in [-0.05, 0) is 64.0 Å². The Morgan fingerprint density at radius 2 is 2.00 bits per heavy atom. The number of hydrogen-bond acceptors (Lipinski definition) is 3. The summed E-state index contributed by atoms with van der Waals surface area (Å²) in [5, 5.41) is 13.7. The Balaban J connectivity index is 2.02. The third kappa shape index (κ3) is 3.50. The lowest BCUT2D eigenvalue weighted by Gasteiger charge is -2.44. The molecule has 112 valence electrons. The normalized spacial score (nSPS) is 32.2. The lowest BCUT2D eigenvalue weighted by Crippen LogP contribution is -2.60. The molecule has 0 aromatic rings. The van der Waals surface area contributed by atoms with Crippen molar-refractivity contribution in [1.82, 2.24) is 10.2 Å². The SMILES string of the molecule is CCCNC(CO)(CN1CCCC(C)C1C)C1CC1. The maximum Gasteiger partial charge on any atom is 0.0628 e. The van der Waals surface area contributed by atoms with Gasteiger partial charge in [-0.3, -0.25) is 4.90 Å². The van der Waals surface area contributed by atoms with Crippen LogP contribution in [0.15, 0.2) is 0 Å². The van der Waals surface area contributed by atoms with Gasteiger partial charge in [0.15, 0.2) is 0 Å². The first-order valence-corrected chi connectivity index (χ1v) is 8.23. The molecule has 2 fully saturated rings. The summed E-state index contributed by atoms with van der Waals surface area (Å²) in [7, 11) is 0. The van der Waals surface area contributed by atoms with Gasteiger partial charge in [0.1, 0.15) is 0 Å². The topological polar surface area (TPSA) is 35.5 Å². The molecule has 0 bridgehead atoms. The van der Waals surface area contributed by atoms with Gasteiger partial charge in [0, 0.05) is 12.6 Å². The molecule has 2 N–H and O–H groups in total. The van der Waals surface area contributed by atoms with Crippen molar-refractivity contribution in [3.05, 3.63) is 0 Å². The van der Waals surface area contributed by atoms with E-state index < -0.39 is 0 Å². The summed E-state index contributed by atoms with van der Waals surface area (Å²) in [5.41, 5.74) is -0.0403. The monoisotopic (exact) mass is 268 g/mol. The van der Waals surface area contributed by atoms with Gasteiger partial charge < -0.3 is 10.4 Å². The van der Waals surface area contributed by atoms with Crippen molar-refractivity contribution in [2.75, 3.05) is 26.2 Å². The highest BCUT2D eigenvalue weighted by Gasteiger charge is 2.46. The van der Waals surface area contributed by atoms with Crippen LogP contribution in [0.25, 0.3) is 0 Å². The molecule has 0 aromatic heterocycles. The second kappa shape index (κ2) is 6.55. The van der Waals surface area contributed by atoms with Crippen LogP contribution in [0.2, 0.25) is 0 Å². The highest BCUT2D eigenvalue weighted by molar-refractivity contribution is 5.03. The molecule has 1 saturated carbocycles. The Morgan fingerprint density at radius 3 is 2.58 bits per heavy atom. The molecule has 3 nitrogen and oxygen atoms in total. The van der Waals surface area contributed by atoms with Crippen molar-refractivity contribution in [3.8, 4) is 0 Å².